The first kappa shape index (κ1) is 13.8. The first-order valence-electron chi connectivity index (χ1n) is 5.95. The second-order valence-electron chi connectivity index (χ2n) is 4.30. The van der Waals surface area contributed by atoms with E-state index >= 15 is 0 Å². The van der Waals surface area contributed by atoms with Gasteiger partial charge in [-0.1, -0.05) is 0 Å². The Hall–Kier alpha value is -2.63. The normalized spacial score (nSPS) is 10.3. The Labute approximate surface area is 115 Å². The van der Waals surface area contributed by atoms with Crippen LogP contribution in [0.25, 0.3) is 0 Å². The van der Waals surface area contributed by atoms with Crippen molar-refractivity contribution in [3.8, 4) is 5.75 Å². The highest BCUT2D eigenvalue weighted by Gasteiger charge is 2.11. The Morgan fingerprint density at radius 1 is 1.45 bits per heavy atom. The molecule has 2 rings (SSSR count). The fourth-order valence-electron chi connectivity index (χ4n) is 1.90. The lowest BCUT2D eigenvalue weighted by Crippen LogP contribution is -2.26. The molecule has 2 aromatic rings. The minimum atomic E-state index is -1.24. The summed E-state index contributed by atoms with van der Waals surface area (Å²) in [6.07, 6.45) is 1.53. The smallest absolute Gasteiger partial charge is 0.341 e. The van der Waals surface area contributed by atoms with E-state index in [0.29, 0.717) is 11.4 Å². The van der Waals surface area contributed by atoms with E-state index in [9.17, 15) is 9.59 Å². The van der Waals surface area contributed by atoms with Crippen molar-refractivity contribution in [1.29, 1.82) is 0 Å². The molecule has 0 bridgehead atoms. The van der Waals surface area contributed by atoms with Gasteiger partial charge in [0.15, 0.2) is 0 Å². The molecular weight excluding hydrogens is 260 g/mol. The van der Waals surface area contributed by atoms with Crippen LogP contribution in [0.2, 0.25) is 0 Å². The van der Waals surface area contributed by atoms with Gasteiger partial charge in [0.25, 0.3) is 5.56 Å². The van der Waals surface area contributed by atoms with E-state index in [2.05, 4.69) is 4.98 Å². The number of hydrogen-bond acceptors (Lipinski definition) is 4. The molecule has 6 heteroatoms. The number of carboxylic acids is 1. The molecule has 0 aromatic carbocycles. The van der Waals surface area contributed by atoms with Crippen LogP contribution < -0.4 is 10.3 Å². The zero-order valence-electron chi connectivity index (χ0n) is 11.2. The van der Waals surface area contributed by atoms with Gasteiger partial charge in [-0.15, -0.1) is 0 Å². The highest BCUT2D eigenvalue weighted by molar-refractivity contribution is 5.86. The molecule has 0 spiro atoms. The quantitative estimate of drug-likeness (QED) is 0.909. The Balaban J connectivity index is 2.40. The largest absolute Gasteiger partial charge is 0.497 e. The summed E-state index contributed by atoms with van der Waals surface area (Å²) in [5.41, 5.74) is 0.586. The first-order chi connectivity index (χ1) is 9.51. The first-order valence-corrected chi connectivity index (χ1v) is 5.95. The van der Waals surface area contributed by atoms with E-state index in [1.807, 2.05) is 6.92 Å². The molecule has 0 aliphatic rings. The molecule has 0 unspecified atom stereocenters. The van der Waals surface area contributed by atoms with E-state index in [1.165, 1.54) is 22.9 Å². The number of carbonyl (C=O) groups is 1. The minimum Gasteiger partial charge on any atom is -0.497 e. The van der Waals surface area contributed by atoms with Crippen LogP contribution >= 0.6 is 0 Å². The van der Waals surface area contributed by atoms with Crippen LogP contribution in [0.1, 0.15) is 21.7 Å². The molecule has 0 aliphatic carbocycles. The average molecular weight is 274 g/mol. The lowest BCUT2D eigenvalue weighted by Gasteiger charge is -2.08. The Morgan fingerprint density at radius 2 is 2.20 bits per heavy atom. The third kappa shape index (κ3) is 2.85. The number of aromatic nitrogens is 2. The average Bonchev–Trinajstić information content (AvgIpc) is 2.40. The summed E-state index contributed by atoms with van der Waals surface area (Å²) in [4.78, 5) is 27.2. The number of rotatable bonds is 4. The SMILES string of the molecule is COc1cc(C)nc(Cn2cccc(C(=O)O)c2=O)c1. The number of hydrogen-bond donors (Lipinski definition) is 1. The van der Waals surface area contributed by atoms with E-state index < -0.39 is 11.5 Å². The molecule has 0 radical (unpaired) electrons. The highest BCUT2D eigenvalue weighted by atomic mass is 16.5. The topological polar surface area (TPSA) is 81.4 Å². The van der Waals surface area contributed by atoms with Gasteiger partial charge >= 0.3 is 5.97 Å². The molecule has 2 heterocycles. The summed E-state index contributed by atoms with van der Waals surface area (Å²) in [6.45, 7) is 2.01. The van der Waals surface area contributed by atoms with Gasteiger partial charge in [-0.3, -0.25) is 9.78 Å². The van der Waals surface area contributed by atoms with Gasteiger partial charge in [-0.05, 0) is 19.1 Å². The molecular formula is C14H14N2O4. The van der Waals surface area contributed by atoms with Crippen LogP contribution in [0.15, 0.2) is 35.3 Å². The summed E-state index contributed by atoms with van der Waals surface area (Å²) in [7, 11) is 1.55. The van der Waals surface area contributed by atoms with E-state index in [4.69, 9.17) is 9.84 Å². The van der Waals surface area contributed by atoms with E-state index in [-0.39, 0.29) is 12.1 Å². The van der Waals surface area contributed by atoms with Crippen molar-refractivity contribution in [2.75, 3.05) is 7.11 Å². The minimum absolute atomic E-state index is 0.192. The summed E-state index contributed by atoms with van der Waals surface area (Å²) >= 11 is 0. The maximum atomic E-state index is 12.0. The van der Waals surface area contributed by atoms with E-state index in [0.717, 1.165) is 5.69 Å². The van der Waals surface area contributed by atoms with Gasteiger partial charge in [0.05, 0.1) is 19.3 Å². The molecule has 0 amide bonds. The second-order valence-corrected chi connectivity index (χ2v) is 4.30. The monoisotopic (exact) mass is 274 g/mol. The summed E-state index contributed by atoms with van der Waals surface area (Å²) < 4.78 is 6.45. The molecule has 1 N–H and O–H groups in total. The molecule has 104 valence electrons. The predicted octanol–water partition coefficient (Wildman–Crippen LogP) is 1.31. The summed E-state index contributed by atoms with van der Waals surface area (Å²) in [6, 6.07) is 6.30. The van der Waals surface area contributed by atoms with E-state index in [1.54, 1.807) is 19.2 Å². The number of aromatic carboxylic acids is 1. The third-order valence-electron chi connectivity index (χ3n) is 2.80. The maximum Gasteiger partial charge on any atom is 0.341 e. The van der Waals surface area contributed by atoms with Crippen molar-refractivity contribution in [2.45, 2.75) is 13.5 Å². The molecule has 20 heavy (non-hydrogen) atoms. The molecule has 0 atom stereocenters. The van der Waals surface area contributed by atoms with Crippen LogP contribution in [-0.4, -0.2) is 27.7 Å². The Bertz CT molecular complexity index is 707. The van der Waals surface area contributed by atoms with Crippen molar-refractivity contribution in [2.24, 2.45) is 0 Å². The zero-order chi connectivity index (χ0) is 14.7. The van der Waals surface area contributed by atoms with Gasteiger partial charge in [0, 0.05) is 24.0 Å². The standard InChI is InChI=1S/C14H14N2O4/c1-9-6-11(20-2)7-10(15-9)8-16-5-3-4-12(13(16)17)14(18)19/h3-7H,8H2,1-2H3,(H,18,19). The van der Waals surface area contributed by atoms with Gasteiger partial charge in [0.1, 0.15) is 11.3 Å². The zero-order valence-corrected chi connectivity index (χ0v) is 11.2. The van der Waals surface area contributed by atoms with Gasteiger partial charge in [-0.25, -0.2) is 4.79 Å². The van der Waals surface area contributed by atoms with Crippen molar-refractivity contribution in [3.05, 3.63) is 57.8 Å². The van der Waals surface area contributed by atoms with Crippen molar-refractivity contribution >= 4 is 5.97 Å². The van der Waals surface area contributed by atoms with Crippen molar-refractivity contribution in [1.82, 2.24) is 9.55 Å². The van der Waals surface area contributed by atoms with Gasteiger partial charge in [-0.2, -0.15) is 0 Å². The Morgan fingerprint density at radius 3 is 2.85 bits per heavy atom. The molecule has 0 saturated heterocycles. The van der Waals surface area contributed by atoms with Crippen LogP contribution in [0.4, 0.5) is 0 Å². The fourth-order valence-corrected chi connectivity index (χ4v) is 1.90. The number of methoxy groups -OCH3 is 1. The third-order valence-corrected chi connectivity index (χ3v) is 2.80. The number of ether oxygens (including phenoxy) is 1. The number of aryl methyl sites for hydroxylation is 1. The van der Waals surface area contributed by atoms with Crippen LogP contribution in [0.5, 0.6) is 5.75 Å². The van der Waals surface area contributed by atoms with Gasteiger partial charge in [0.2, 0.25) is 0 Å². The molecule has 6 nitrogen and oxygen atoms in total. The lowest BCUT2D eigenvalue weighted by atomic mass is 10.2. The molecule has 0 saturated carbocycles. The van der Waals surface area contributed by atoms with Gasteiger partial charge < -0.3 is 14.4 Å². The predicted molar refractivity (Wildman–Crippen MR) is 72.3 cm³/mol. The lowest BCUT2D eigenvalue weighted by molar-refractivity contribution is 0.0694. The molecule has 0 aliphatic heterocycles. The van der Waals surface area contributed by atoms with Crippen LogP contribution in [-0.2, 0) is 6.54 Å². The number of carboxylic acid groups (broad SMARTS) is 1. The summed E-state index contributed by atoms with van der Waals surface area (Å²) in [5.74, 6) is -0.589. The number of pyridine rings is 2. The number of nitrogens with zero attached hydrogens (tertiary/aromatic N) is 2. The molecule has 0 fully saturated rings. The second kappa shape index (κ2) is 5.56. The highest BCUT2D eigenvalue weighted by Crippen LogP contribution is 2.13. The van der Waals surface area contributed by atoms with Crippen molar-refractivity contribution < 1.29 is 14.6 Å². The van der Waals surface area contributed by atoms with Crippen LogP contribution in [0.3, 0.4) is 0 Å². The van der Waals surface area contributed by atoms with Crippen LogP contribution in [0, 0.1) is 6.92 Å². The maximum absolute atomic E-state index is 12.0. The summed E-state index contributed by atoms with van der Waals surface area (Å²) in [5, 5.41) is 8.93. The molecule has 2 aromatic heterocycles. The van der Waals surface area contributed by atoms with Crippen molar-refractivity contribution in [3.63, 3.8) is 0 Å². The fraction of sp³-hybridized carbons (Fsp3) is 0.214. The Kier molecular flexibility index (Phi) is 3.84.